The molecular weight excluding hydrogens is 246 g/mol. The summed E-state index contributed by atoms with van der Waals surface area (Å²) >= 11 is 1.81. The summed E-state index contributed by atoms with van der Waals surface area (Å²) in [6.07, 6.45) is 0.844. The highest BCUT2D eigenvalue weighted by molar-refractivity contribution is 7.99. The van der Waals surface area contributed by atoms with E-state index in [4.69, 9.17) is 5.11 Å². The Labute approximate surface area is 113 Å². The van der Waals surface area contributed by atoms with Crippen LogP contribution >= 0.6 is 11.8 Å². The minimum atomic E-state index is -0.736. The predicted molar refractivity (Wildman–Crippen MR) is 76.1 cm³/mol. The van der Waals surface area contributed by atoms with Gasteiger partial charge in [0.25, 0.3) is 0 Å². The topological polar surface area (TPSA) is 40.5 Å². The Kier molecular flexibility index (Phi) is 6.22. The van der Waals surface area contributed by atoms with Crippen LogP contribution in [0.2, 0.25) is 0 Å². The molecule has 0 aromatic heterocycles. The number of aliphatic carboxylic acids is 1. The number of carboxylic acid groups (broad SMARTS) is 1. The third kappa shape index (κ3) is 4.70. The molecule has 18 heavy (non-hydrogen) atoms. The van der Waals surface area contributed by atoms with Gasteiger partial charge >= 0.3 is 5.97 Å². The zero-order valence-corrected chi connectivity index (χ0v) is 12.0. The molecule has 1 aromatic carbocycles. The van der Waals surface area contributed by atoms with Crippen LogP contribution in [-0.4, -0.2) is 35.8 Å². The fraction of sp³-hybridized carbons (Fsp3) is 0.500. The summed E-state index contributed by atoms with van der Waals surface area (Å²) in [5, 5.41) is 8.78. The van der Waals surface area contributed by atoms with Crippen molar-refractivity contribution >= 4 is 17.7 Å². The summed E-state index contributed by atoms with van der Waals surface area (Å²) in [4.78, 5) is 14.0. The van der Waals surface area contributed by atoms with Crippen LogP contribution in [0.5, 0.6) is 0 Å². The molecule has 0 saturated heterocycles. The molecule has 1 aromatic rings. The molecule has 1 N–H and O–H groups in total. The smallest absolute Gasteiger partial charge is 0.303 e. The Morgan fingerprint density at radius 2 is 1.94 bits per heavy atom. The second kappa shape index (κ2) is 7.44. The highest BCUT2D eigenvalue weighted by Crippen LogP contribution is 2.26. The lowest BCUT2D eigenvalue weighted by molar-refractivity contribution is -0.137. The second-order valence-corrected chi connectivity index (χ2v) is 5.75. The average molecular weight is 267 g/mol. The molecule has 0 radical (unpaired) electrons. The van der Waals surface area contributed by atoms with Crippen LogP contribution in [-0.2, 0) is 4.79 Å². The van der Waals surface area contributed by atoms with Gasteiger partial charge in [-0.25, -0.2) is 0 Å². The van der Waals surface area contributed by atoms with Crippen molar-refractivity contribution < 1.29 is 9.90 Å². The Morgan fingerprint density at radius 3 is 2.39 bits per heavy atom. The van der Waals surface area contributed by atoms with Gasteiger partial charge in [-0.1, -0.05) is 19.1 Å². The van der Waals surface area contributed by atoms with Crippen LogP contribution in [0, 0.1) is 0 Å². The van der Waals surface area contributed by atoms with Crippen LogP contribution in [0.25, 0.3) is 0 Å². The Morgan fingerprint density at radius 1 is 1.33 bits per heavy atom. The first-order valence-electron chi connectivity index (χ1n) is 6.15. The molecule has 0 aliphatic rings. The highest BCUT2D eigenvalue weighted by Gasteiger charge is 2.15. The van der Waals surface area contributed by atoms with Gasteiger partial charge in [0.2, 0.25) is 0 Å². The average Bonchev–Trinajstić information content (AvgIpc) is 2.31. The fourth-order valence-corrected chi connectivity index (χ4v) is 2.60. The Hall–Kier alpha value is -1.00. The Bertz CT molecular complexity index is 376. The third-order valence-electron chi connectivity index (χ3n) is 2.83. The summed E-state index contributed by atoms with van der Waals surface area (Å²) in [6.45, 7) is 2.13. The van der Waals surface area contributed by atoms with Gasteiger partial charge in [-0.15, -0.1) is 11.8 Å². The lowest BCUT2D eigenvalue weighted by Crippen LogP contribution is -2.20. The standard InChI is InChI=1S/C14H21NO2S/c1-4-18-12-7-5-11(6-8-12)13(15(2)3)9-10-14(16)17/h5-8,13H,4,9-10H2,1-3H3,(H,16,17). The first-order chi connectivity index (χ1) is 8.54. The van der Waals surface area contributed by atoms with Crippen LogP contribution in [0.15, 0.2) is 29.2 Å². The van der Waals surface area contributed by atoms with Gasteiger partial charge in [0.1, 0.15) is 0 Å². The summed E-state index contributed by atoms with van der Waals surface area (Å²) in [5.74, 6) is 0.329. The molecule has 1 unspecified atom stereocenters. The van der Waals surface area contributed by atoms with E-state index >= 15 is 0 Å². The van der Waals surface area contributed by atoms with Crippen LogP contribution in [0.3, 0.4) is 0 Å². The quantitative estimate of drug-likeness (QED) is 0.770. The highest BCUT2D eigenvalue weighted by atomic mass is 32.2. The van der Waals surface area contributed by atoms with Gasteiger partial charge in [0.15, 0.2) is 0 Å². The molecule has 1 atom stereocenters. The van der Waals surface area contributed by atoms with Crippen LogP contribution in [0.1, 0.15) is 31.4 Å². The van der Waals surface area contributed by atoms with Gasteiger partial charge < -0.3 is 10.0 Å². The number of nitrogens with zero attached hydrogens (tertiary/aromatic N) is 1. The van der Waals surface area contributed by atoms with E-state index in [1.54, 1.807) is 0 Å². The van der Waals surface area contributed by atoms with Crippen LogP contribution < -0.4 is 0 Å². The molecule has 4 heteroatoms. The van der Waals surface area contributed by atoms with E-state index in [-0.39, 0.29) is 12.5 Å². The molecule has 0 heterocycles. The SMILES string of the molecule is CCSc1ccc(C(CCC(=O)O)N(C)C)cc1. The lowest BCUT2D eigenvalue weighted by Gasteiger charge is -2.24. The van der Waals surface area contributed by atoms with Gasteiger partial charge in [-0.3, -0.25) is 4.79 Å². The molecule has 0 fully saturated rings. The number of rotatable bonds is 7. The second-order valence-electron chi connectivity index (χ2n) is 4.41. The minimum Gasteiger partial charge on any atom is -0.481 e. The van der Waals surface area contributed by atoms with Crippen molar-refractivity contribution in [3.05, 3.63) is 29.8 Å². The zero-order chi connectivity index (χ0) is 13.5. The predicted octanol–water partition coefficient (Wildman–Crippen LogP) is 3.27. The Balaban J connectivity index is 2.75. The number of carboxylic acids is 1. The maximum atomic E-state index is 10.7. The summed E-state index contributed by atoms with van der Waals surface area (Å²) < 4.78 is 0. The molecule has 0 aliphatic heterocycles. The summed E-state index contributed by atoms with van der Waals surface area (Å²) in [6, 6.07) is 8.60. The molecule has 1 rings (SSSR count). The molecule has 100 valence electrons. The molecule has 0 saturated carbocycles. The third-order valence-corrected chi connectivity index (χ3v) is 3.73. The van der Waals surface area contributed by atoms with Crippen molar-refractivity contribution in [2.24, 2.45) is 0 Å². The summed E-state index contributed by atoms with van der Waals surface area (Å²) in [5.41, 5.74) is 1.18. The maximum Gasteiger partial charge on any atom is 0.303 e. The molecule has 0 amide bonds. The lowest BCUT2D eigenvalue weighted by atomic mass is 10.0. The number of hydrogen-bond donors (Lipinski definition) is 1. The number of carbonyl (C=O) groups is 1. The van der Waals surface area contributed by atoms with E-state index in [0.29, 0.717) is 6.42 Å². The van der Waals surface area contributed by atoms with Crippen molar-refractivity contribution in [1.29, 1.82) is 0 Å². The number of thioether (sulfide) groups is 1. The van der Waals surface area contributed by atoms with E-state index in [1.165, 1.54) is 10.5 Å². The first kappa shape index (κ1) is 15.1. The van der Waals surface area contributed by atoms with Crippen LogP contribution in [0.4, 0.5) is 0 Å². The molecule has 0 spiro atoms. The van der Waals surface area contributed by atoms with Crippen molar-refractivity contribution in [3.63, 3.8) is 0 Å². The first-order valence-corrected chi connectivity index (χ1v) is 7.14. The number of benzene rings is 1. The van der Waals surface area contributed by atoms with Gasteiger partial charge in [0, 0.05) is 17.4 Å². The normalized spacial score (nSPS) is 12.7. The van der Waals surface area contributed by atoms with E-state index < -0.39 is 5.97 Å². The maximum absolute atomic E-state index is 10.7. The van der Waals surface area contributed by atoms with E-state index in [1.807, 2.05) is 25.9 Å². The van der Waals surface area contributed by atoms with E-state index in [0.717, 1.165) is 5.75 Å². The minimum absolute atomic E-state index is 0.168. The van der Waals surface area contributed by atoms with E-state index in [9.17, 15) is 4.79 Å². The van der Waals surface area contributed by atoms with Gasteiger partial charge in [-0.2, -0.15) is 0 Å². The molecular formula is C14H21NO2S. The number of hydrogen-bond acceptors (Lipinski definition) is 3. The molecule has 0 aliphatic carbocycles. The van der Waals surface area contributed by atoms with Crippen molar-refractivity contribution in [2.45, 2.75) is 30.7 Å². The van der Waals surface area contributed by atoms with E-state index in [2.05, 4.69) is 36.1 Å². The van der Waals surface area contributed by atoms with Gasteiger partial charge in [0.05, 0.1) is 0 Å². The van der Waals surface area contributed by atoms with Crippen molar-refractivity contribution in [1.82, 2.24) is 4.90 Å². The van der Waals surface area contributed by atoms with Gasteiger partial charge in [-0.05, 0) is 44.0 Å². The largest absolute Gasteiger partial charge is 0.481 e. The fourth-order valence-electron chi connectivity index (χ4n) is 1.94. The molecule has 0 bridgehead atoms. The van der Waals surface area contributed by atoms with Crippen molar-refractivity contribution in [3.8, 4) is 0 Å². The summed E-state index contributed by atoms with van der Waals surface area (Å²) in [7, 11) is 3.97. The van der Waals surface area contributed by atoms with Crippen molar-refractivity contribution in [2.75, 3.05) is 19.8 Å². The zero-order valence-electron chi connectivity index (χ0n) is 11.2. The monoisotopic (exact) mass is 267 g/mol. The molecule has 3 nitrogen and oxygen atoms in total.